The predicted molar refractivity (Wildman–Crippen MR) is 68.3 cm³/mol. The summed E-state index contributed by atoms with van der Waals surface area (Å²) in [6, 6.07) is 5.24. The molecule has 106 valence electrons. The van der Waals surface area contributed by atoms with Gasteiger partial charge < -0.3 is 10.4 Å². The molecule has 2 N–H and O–H groups in total. The molecule has 1 saturated carbocycles. The first-order valence-electron chi connectivity index (χ1n) is 6.49. The van der Waals surface area contributed by atoms with Gasteiger partial charge in [-0.2, -0.15) is 13.2 Å². The van der Waals surface area contributed by atoms with E-state index < -0.39 is 12.1 Å². The third-order valence-corrected chi connectivity index (χ3v) is 3.76. The van der Waals surface area contributed by atoms with Gasteiger partial charge in [-0.05, 0) is 56.4 Å². The first-order valence-corrected chi connectivity index (χ1v) is 6.49. The van der Waals surface area contributed by atoms with Gasteiger partial charge in [0, 0.05) is 11.7 Å². The first-order chi connectivity index (χ1) is 8.86. The van der Waals surface area contributed by atoms with E-state index in [1.807, 2.05) is 6.07 Å². The second kappa shape index (κ2) is 5.31. The van der Waals surface area contributed by atoms with Crippen molar-refractivity contribution in [2.45, 2.75) is 44.8 Å². The van der Waals surface area contributed by atoms with Crippen molar-refractivity contribution < 1.29 is 18.3 Å². The molecule has 0 heterocycles. The number of hydrogen-bond acceptors (Lipinski definition) is 2. The first kappa shape index (κ1) is 14.0. The molecule has 0 bridgehead atoms. The second-order valence-electron chi connectivity index (χ2n) is 5.24. The highest BCUT2D eigenvalue weighted by Crippen LogP contribution is 2.38. The Morgan fingerprint density at radius 2 is 1.79 bits per heavy atom. The summed E-state index contributed by atoms with van der Waals surface area (Å²) in [5.74, 6) is -0.918. The molecule has 1 aromatic carbocycles. The molecule has 0 radical (unpaired) electrons. The summed E-state index contributed by atoms with van der Waals surface area (Å²) in [5, 5.41) is 12.7. The van der Waals surface area contributed by atoms with Crippen LogP contribution in [0.2, 0.25) is 0 Å². The van der Waals surface area contributed by atoms with E-state index in [0.29, 0.717) is 12.8 Å². The molecule has 1 aromatic rings. The third-order valence-electron chi connectivity index (χ3n) is 3.76. The van der Waals surface area contributed by atoms with E-state index in [2.05, 4.69) is 5.32 Å². The Labute approximate surface area is 110 Å². The standard InChI is InChI=1S/C14H18F3NO/c1-9-8-12(6-7-13(9)19)18-11-4-2-10(3-5-11)14(15,16)17/h6-8,10-11,18-19H,2-5H2,1H3. The van der Waals surface area contributed by atoms with Crippen molar-refractivity contribution in [2.24, 2.45) is 5.92 Å². The lowest BCUT2D eigenvalue weighted by Gasteiger charge is -2.31. The Kier molecular flexibility index (Phi) is 3.92. The quantitative estimate of drug-likeness (QED) is 0.790. The lowest BCUT2D eigenvalue weighted by molar-refractivity contribution is -0.182. The Morgan fingerprint density at radius 1 is 1.16 bits per heavy atom. The van der Waals surface area contributed by atoms with Crippen LogP contribution in [0.15, 0.2) is 18.2 Å². The maximum absolute atomic E-state index is 12.5. The van der Waals surface area contributed by atoms with Crippen LogP contribution in [0.1, 0.15) is 31.2 Å². The van der Waals surface area contributed by atoms with Crippen molar-refractivity contribution in [2.75, 3.05) is 5.32 Å². The molecule has 19 heavy (non-hydrogen) atoms. The minimum absolute atomic E-state index is 0.0857. The van der Waals surface area contributed by atoms with Crippen molar-refractivity contribution in [1.29, 1.82) is 0 Å². The normalized spacial score (nSPS) is 24.2. The smallest absolute Gasteiger partial charge is 0.391 e. The largest absolute Gasteiger partial charge is 0.508 e. The average Bonchev–Trinajstić information content (AvgIpc) is 2.33. The van der Waals surface area contributed by atoms with Gasteiger partial charge in [-0.1, -0.05) is 0 Å². The molecule has 0 atom stereocenters. The van der Waals surface area contributed by atoms with Crippen LogP contribution in [0.25, 0.3) is 0 Å². The molecular weight excluding hydrogens is 255 g/mol. The summed E-state index contributed by atoms with van der Waals surface area (Å²) in [6.07, 6.45) is -2.61. The fourth-order valence-electron chi connectivity index (χ4n) is 2.55. The fraction of sp³-hybridized carbons (Fsp3) is 0.571. The number of halogens is 3. The van der Waals surface area contributed by atoms with Crippen molar-refractivity contribution in [3.8, 4) is 5.75 Å². The van der Waals surface area contributed by atoms with E-state index in [1.165, 1.54) is 0 Å². The molecule has 2 rings (SSSR count). The molecule has 0 spiro atoms. The van der Waals surface area contributed by atoms with E-state index in [0.717, 1.165) is 11.3 Å². The number of phenolic OH excluding ortho intramolecular Hbond substituents is 1. The predicted octanol–water partition coefficient (Wildman–Crippen LogP) is 4.23. The van der Waals surface area contributed by atoms with Crippen LogP contribution >= 0.6 is 0 Å². The maximum Gasteiger partial charge on any atom is 0.391 e. The summed E-state index contributed by atoms with van der Waals surface area (Å²) in [7, 11) is 0. The highest BCUT2D eigenvalue weighted by molar-refractivity contribution is 5.50. The van der Waals surface area contributed by atoms with Crippen LogP contribution in [0, 0.1) is 12.8 Å². The van der Waals surface area contributed by atoms with E-state index >= 15 is 0 Å². The maximum atomic E-state index is 12.5. The molecule has 0 saturated heterocycles. The zero-order valence-corrected chi connectivity index (χ0v) is 10.8. The number of phenols is 1. The van der Waals surface area contributed by atoms with Crippen molar-refractivity contribution in [3.63, 3.8) is 0 Å². The molecule has 1 fully saturated rings. The van der Waals surface area contributed by atoms with Gasteiger partial charge in [0.05, 0.1) is 5.92 Å². The summed E-state index contributed by atoms with van der Waals surface area (Å²) in [6.45, 7) is 1.79. The zero-order valence-electron chi connectivity index (χ0n) is 10.8. The number of rotatable bonds is 2. The molecule has 1 aliphatic carbocycles. The Balaban J connectivity index is 1.90. The van der Waals surface area contributed by atoms with Crippen LogP contribution in [-0.2, 0) is 0 Å². The molecule has 0 aliphatic heterocycles. The molecule has 1 aliphatic rings. The van der Waals surface area contributed by atoms with Gasteiger partial charge in [-0.25, -0.2) is 0 Å². The van der Waals surface area contributed by atoms with Gasteiger partial charge in [0.2, 0.25) is 0 Å². The number of alkyl halides is 3. The van der Waals surface area contributed by atoms with Gasteiger partial charge in [0.1, 0.15) is 5.75 Å². The number of aromatic hydroxyl groups is 1. The number of anilines is 1. The zero-order chi connectivity index (χ0) is 14.0. The van der Waals surface area contributed by atoms with Gasteiger partial charge >= 0.3 is 6.18 Å². The SMILES string of the molecule is Cc1cc(NC2CCC(C(F)(F)F)CC2)ccc1O. The van der Waals surface area contributed by atoms with Gasteiger partial charge in [-0.15, -0.1) is 0 Å². The van der Waals surface area contributed by atoms with Crippen molar-refractivity contribution in [3.05, 3.63) is 23.8 Å². The summed E-state index contributed by atoms with van der Waals surface area (Å²) < 4.78 is 37.6. The third kappa shape index (κ3) is 3.55. The monoisotopic (exact) mass is 273 g/mol. The van der Waals surface area contributed by atoms with Crippen molar-refractivity contribution >= 4 is 5.69 Å². The molecular formula is C14H18F3NO. The summed E-state index contributed by atoms with van der Waals surface area (Å²) >= 11 is 0. The highest BCUT2D eigenvalue weighted by atomic mass is 19.4. The second-order valence-corrected chi connectivity index (χ2v) is 5.24. The summed E-state index contributed by atoms with van der Waals surface area (Å²) in [5.41, 5.74) is 1.61. The van der Waals surface area contributed by atoms with Crippen LogP contribution in [0.3, 0.4) is 0 Å². The molecule has 2 nitrogen and oxygen atoms in total. The molecule has 0 amide bonds. The Bertz CT molecular complexity index is 437. The van der Waals surface area contributed by atoms with Gasteiger partial charge in [0.25, 0.3) is 0 Å². The summed E-state index contributed by atoms with van der Waals surface area (Å²) in [4.78, 5) is 0. The van der Waals surface area contributed by atoms with E-state index in [9.17, 15) is 18.3 Å². The van der Waals surface area contributed by atoms with Crippen LogP contribution in [0.5, 0.6) is 5.75 Å². The van der Waals surface area contributed by atoms with Crippen molar-refractivity contribution in [1.82, 2.24) is 0 Å². The van der Waals surface area contributed by atoms with Crippen LogP contribution < -0.4 is 5.32 Å². The number of aryl methyl sites for hydroxylation is 1. The van der Waals surface area contributed by atoms with Crippen LogP contribution in [-0.4, -0.2) is 17.3 Å². The van der Waals surface area contributed by atoms with E-state index in [4.69, 9.17) is 0 Å². The molecule has 5 heteroatoms. The van der Waals surface area contributed by atoms with E-state index in [1.54, 1.807) is 19.1 Å². The van der Waals surface area contributed by atoms with E-state index in [-0.39, 0.29) is 24.6 Å². The lowest BCUT2D eigenvalue weighted by Crippen LogP contribution is -2.32. The number of nitrogens with one attached hydrogen (secondary N) is 1. The van der Waals surface area contributed by atoms with Gasteiger partial charge in [0.15, 0.2) is 0 Å². The lowest BCUT2D eigenvalue weighted by atomic mass is 9.85. The average molecular weight is 273 g/mol. The molecule has 0 aromatic heterocycles. The fourth-order valence-corrected chi connectivity index (χ4v) is 2.55. The Hall–Kier alpha value is -1.39. The van der Waals surface area contributed by atoms with Gasteiger partial charge in [-0.3, -0.25) is 0 Å². The topological polar surface area (TPSA) is 32.3 Å². The Morgan fingerprint density at radius 3 is 2.32 bits per heavy atom. The number of hydrogen-bond donors (Lipinski definition) is 2. The minimum atomic E-state index is -4.06. The minimum Gasteiger partial charge on any atom is -0.508 e. The van der Waals surface area contributed by atoms with Crippen LogP contribution in [0.4, 0.5) is 18.9 Å². The molecule has 0 unspecified atom stereocenters. The highest BCUT2D eigenvalue weighted by Gasteiger charge is 2.41. The number of benzene rings is 1.